The molecule has 8 heteroatoms. The Labute approximate surface area is 126 Å². The van der Waals surface area contributed by atoms with Crippen LogP contribution in [0.4, 0.5) is 0 Å². The van der Waals surface area contributed by atoms with Crippen LogP contribution in [0.5, 0.6) is 0 Å². The van der Waals surface area contributed by atoms with Gasteiger partial charge in [-0.25, -0.2) is 9.50 Å². The predicted octanol–water partition coefficient (Wildman–Crippen LogP) is 0.549. The molecule has 0 saturated heterocycles. The molecular weight excluding hydrogens is 282 g/mol. The van der Waals surface area contributed by atoms with Gasteiger partial charge in [0, 0.05) is 23.5 Å². The van der Waals surface area contributed by atoms with E-state index < -0.39 is 0 Å². The summed E-state index contributed by atoms with van der Waals surface area (Å²) in [5.74, 6) is 1.05. The van der Waals surface area contributed by atoms with E-state index >= 15 is 0 Å². The van der Waals surface area contributed by atoms with Gasteiger partial charge in [0.2, 0.25) is 5.91 Å². The number of hydrogen-bond acceptors (Lipinski definition) is 5. The second-order valence-electron chi connectivity index (χ2n) is 5.58. The summed E-state index contributed by atoms with van der Waals surface area (Å²) in [5.41, 5.74) is 3.92. The molecule has 22 heavy (non-hydrogen) atoms. The van der Waals surface area contributed by atoms with E-state index in [2.05, 4.69) is 25.3 Å². The van der Waals surface area contributed by atoms with Crippen LogP contribution in [0, 0.1) is 13.8 Å². The second-order valence-corrected chi connectivity index (χ2v) is 5.58. The highest BCUT2D eigenvalue weighted by Gasteiger charge is 2.25. The number of nitrogens with one attached hydrogen (secondary N) is 1. The number of nitrogens with zero attached hydrogens (tertiary/aromatic N) is 6. The minimum atomic E-state index is 0.00915. The van der Waals surface area contributed by atoms with Crippen molar-refractivity contribution >= 4 is 11.7 Å². The zero-order chi connectivity index (χ0) is 15.3. The quantitative estimate of drug-likeness (QED) is 0.745. The number of carbonyl (C=O) groups is 1. The van der Waals surface area contributed by atoms with Crippen molar-refractivity contribution in [3.63, 3.8) is 0 Å². The summed E-state index contributed by atoms with van der Waals surface area (Å²) < 4.78 is 1.67. The molecule has 0 fully saturated rings. The van der Waals surface area contributed by atoms with Gasteiger partial charge in [-0.1, -0.05) is 0 Å². The van der Waals surface area contributed by atoms with Gasteiger partial charge in [-0.3, -0.25) is 9.89 Å². The first-order chi connectivity index (χ1) is 10.6. The van der Waals surface area contributed by atoms with Crippen molar-refractivity contribution in [1.82, 2.24) is 34.7 Å². The molecule has 0 unspecified atom stereocenters. The average Bonchev–Trinajstić information content (AvgIpc) is 3.10. The van der Waals surface area contributed by atoms with Crippen LogP contribution in [0.3, 0.4) is 0 Å². The van der Waals surface area contributed by atoms with Crippen LogP contribution < -0.4 is 0 Å². The first-order valence-corrected chi connectivity index (χ1v) is 7.09. The van der Waals surface area contributed by atoms with E-state index in [0.717, 1.165) is 22.6 Å². The third kappa shape index (κ3) is 2.03. The fourth-order valence-electron chi connectivity index (χ4n) is 2.77. The summed E-state index contributed by atoms with van der Waals surface area (Å²) in [4.78, 5) is 22.9. The monoisotopic (exact) mass is 297 g/mol. The Hall–Kier alpha value is -2.77. The lowest BCUT2D eigenvalue weighted by molar-refractivity contribution is -0.131. The SMILES string of the molecule is Cc1cc(C)n2nc(CC(=O)N3Cc4cn[nH]c4C3)nc2n1. The van der Waals surface area contributed by atoms with E-state index in [0.29, 0.717) is 24.7 Å². The van der Waals surface area contributed by atoms with Gasteiger partial charge in [-0.15, -0.1) is 5.10 Å². The van der Waals surface area contributed by atoms with E-state index in [-0.39, 0.29) is 12.3 Å². The highest BCUT2D eigenvalue weighted by molar-refractivity contribution is 5.78. The normalized spacial score (nSPS) is 13.8. The maximum absolute atomic E-state index is 12.4. The molecule has 4 heterocycles. The topological polar surface area (TPSA) is 92.1 Å². The van der Waals surface area contributed by atoms with E-state index in [1.54, 1.807) is 15.6 Å². The smallest absolute Gasteiger partial charge is 0.252 e. The van der Waals surface area contributed by atoms with Gasteiger partial charge >= 0.3 is 0 Å². The summed E-state index contributed by atoms with van der Waals surface area (Å²) in [6, 6.07) is 1.94. The third-order valence-electron chi connectivity index (χ3n) is 3.84. The van der Waals surface area contributed by atoms with E-state index in [1.165, 1.54) is 0 Å². The Morgan fingerprint density at radius 3 is 3.00 bits per heavy atom. The standard InChI is InChI=1S/C14H15N7O/c1-8-3-9(2)21-14(16-8)17-12(19-21)4-13(22)20-6-10-5-15-18-11(10)7-20/h3,5H,4,6-7H2,1-2H3,(H,15,18). The van der Waals surface area contributed by atoms with Crippen LogP contribution >= 0.6 is 0 Å². The summed E-state index contributed by atoms with van der Waals surface area (Å²) >= 11 is 0. The Balaban J connectivity index is 1.55. The molecule has 1 amide bonds. The fourth-order valence-corrected chi connectivity index (χ4v) is 2.77. The third-order valence-corrected chi connectivity index (χ3v) is 3.84. The Kier molecular flexibility index (Phi) is 2.72. The van der Waals surface area contributed by atoms with Crippen LogP contribution in [-0.2, 0) is 24.3 Å². The number of H-pyrrole nitrogens is 1. The van der Waals surface area contributed by atoms with Crippen molar-refractivity contribution < 1.29 is 4.79 Å². The highest BCUT2D eigenvalue weighted by atomic mass is 16.2. The summed E-state index contributed by atoms with van der Waals surface area (Å²) in [6.45, 7) is 5.02. The van der Waals surface area contributed by atoms with Crippen molar-refractivity contribution in [1.29, 1.82) is 0 Å². The summed E-state index contributed by atoms with van der Waals surface area (Å²) in [7, 11) is 0. The molecule has 0 saturated carbocycles. The van der Waals surface area contributed by atoms with Gasteiger partial charge < -0.3 is 4.90 Å². The van der Waals surface area contributed by atoms with Crippen molar-refractivity contribution in [2.24, 2.45) is 0 Å². The van der Waals surface area contributed by atoms with Crippen LogP contribution in [0.25, 0.3) is 5.78 Å². The number of amides is 1. The molecule has 1 aliphatic rings. The molecule has 0 radical (unpaired) electrons. The molecule has 0 bridgehead atoms. The molecule has 3 aromatic heterocycles. The lowest BCUT2D eigenvalue weighted by Gasteiger charge is -2.13. The van der Waals surface area contributed by atoms with Gasteiger partial charge in [0.25, 0.3) is 5.78 Å². The second kappa shape index (κ2) is 4.62. The fraction of sp³-hybridized carbons (Fsp3) is 0.357. The zero-order valence-corrected chi connectivity index (χ0v) is 12.4. The zero-order valence-electron chi connectivity index (χ0n) is 12.4. The van der Waals surface area contributed by atoms with Crippen molar-refractivity contribution in [3.05, 3.63) is 40.7 Å². The van der Waals surface area contributed by atoms with Crippen LogP contribution in [-0.4, -0.2) is 40.6 Å². The number of fused-ring (bicyclic) bond motifs is 2. The first kappa shape index (κ1) is 12.9. The maximum atomic E-state index is 12.4. The lowest BCUT2D eigenvalue weighted by atomic mass is 10.3. The number of rotatable bonds is 2. The van der Waals surface area contributed by atoms with Crippen molar-refractivity contribution in [2.45, 2.75) is 33.4 Å². The molecule has 112 valence electrons. The predicted molar refractivity (Wildman–Crippen MR) is 76.8 cm³/mol. The number of carbonyl (C=O) groups excluding carboxylic acids is 1. The number of aromatic amines is 1. The van der Waals surface area contributed by atoms with Gasteiger partial charge in [-0.05, 0) is 19.9 Å². The molecule has 4 rings (SSSR count). The number of hydrogen-bond donors (Lipinski definition) is 1. The number of aromatic nitrogens is 6. The molecule has 1 aliphatic heterocycles. The summed E-state index contributed by atoms with van der Waals surface area (Å²) in [5, 5.41) is 11.3. The first-order valence-electron chi connectivity index (χ1n) is 7.09. The van der Waals surface area contributed by atoms with Gasteiger partial charge in [0.15, 0.2) is 5.82 Å². The van der Waals surface area contributed by atoms with E-state index in [4.69, 9.17) is 0 Å². The Morgan fingerprint density at radius 2 is 2.18 bits per heavy atom. The highest BCUT2D eigenvalue weighted by Crippen LogP contribution is 2.20. The van der Waals surface area contributed by atoms with E-state index in [1.807, 2.05) is 19.9 Å². The Bertz CT molecular complexity index is 858. The van der Waals surface area contributed by atoms with Gasteiger partial charge in [0.05, 0.1) is 24.9 Å². The average molecular weight is 297 g/mol. The van der Waals surface area contributed by atoms with Crippen molar-refractivity contribution in [3.8, 4) is 0 Å². The van der Waals surface area contributed by atoms with Gasteiger partial charge in [0.1, 0.15) is 0 Å². The molecule has 0 aliphatic carbocycles. The van der Waals surface area contributed by atoms with Crippen LogP contribution in [0.2, 0.25) is 0 Å². The molecule has 8 nitrogen and oxygen atoms in total. The number of aryl methyl sites for hydroxylation is 2. The lowest BCUT2D eigenvalue weighted by Crippen LogP contribution is -2.27. The maximum Gasteiger partial charge on any atom is 0.252 e. The largest absolute Gasteiger partial charge is 0.332 e. The minimum absolute atomic E-state index is 0.00915. The molecular formula is C14H15N7O. The van der Waals surface area contributed by atoms with Crippen molar-refractivity contribution in [2.75, 3.05) is 0 Å². The molecule has 1 N–H and O–H groups in total. The van der Waals surface area contributed by atoms with Gasteiger partial charge in [-0.2, -0.15) is 10.1 Å². The molecule has 0 spiro atoms. The molecule has 0 atom stereocenters. The molecule has 0 aromatic carbocycles. The Morgan fingerprint density at radius 1 is 1.32 bits per heavy atom. The summed E-state index contributed by atoms with van der Waals surface area (Å²) in [6.07, 6.45) is 1.95. The van der Waals surface area contributed by atoms with Crippen LogP contribution in [0.15, 0.2) is 12.3 Å². The molecule has 3 aromatic rings. The minimum Gasteiger partial charge on any atom is -0.332 e. The van der Waals surface area contributed by atoms with Crippen LogP contribution in [0.1, 0.15) is 28.5 Å². The van der Waals surface area contributed by atoms with E-state index in [9.17, 15) is 4.79 Å².